The molecule has 0 saturated carbocycles. The van der Waals surface area contributed by atoms with Crippen LogP contribution in [0.15, 0.2) is 91.3 Å². The van der Waals surface area contributed by atoms with Crippen LogP contribution < -0.4 is 20.7 Å². The van der Waals surface area contributed by atoms with Crippen molar-refractivity contribution in [2.45, 2.75) is 57.8 Å². The van der Waals surface area contributed by atoms with Gasteiger partial charge < -0.3 is 25.6 Å². The van der Waals surface area contributed by atoms with Gasteiger partial charge in [0.25, 0.3) is 5.91 Å². The van der Waals surface area contributed by atoms with E-state index in [-0.39, 0.29) is 24.7 Å². The van der Waals surface area contributed by atoms with Crippen LogP contribution in [0, 0.1) is 5.92 Å². The summed E-state index contributed by atoms with van der Waals surface area (Å²) in [7, 11) is 3.49. The number of rotatable bonds is 7. The van der Waals surface area contributed by atoms with Gasteiger partial charge in [-0.25, -0.2) is 0 Å². The van der Waals surface area contributed by atoms with E-state index >= 15 is 0 Å². The minimum absolute atomic E-state index is 0.0405. The molecule has 0 saturated heterocycles. The maximum absolute atomic E-state index is 14.0. The SMILES string of the molecule is CC(C)C[C@@H]1NC(=O)[C@@H](Cc2ccccc2)NC(=O)c2cccc(c2)Oc2ccc(cc2)C[C@@H](C(=O)N(C)Cc2cnn(C)c2)NC1=O. The summed E-state index contributed by atoms with van der Waals surface area (Å²) in [4.78, 5) is 56.8. The lowest BCUT2D eigenvalue weighted by Gasteiger charge is -2.28. The number of aromatic nitrogens is 2. The van der Waals surface area contributed by atoms with Gasteiger partial charge in [0.1, 0.15) is 29.6 Å². The number of carbonyl (C=O) groups is 4. The number of benzene rings is 3. The topological polar surface area (TPSA) is 135 Å². The van der Waals surface area contributed by atoms with Crippen LogP contribution in [0.5, 0.6) is 11.5 Å². The lowest BCUT2D eigenvalue weighted by Crippen LogP contribution is -2.57. The second kappa shape index (κ2) is 15.4. The van der Waals surface area contributed by atoms with Crippen LogP contribution in [0.25, 0.3) is 0 Å². The number of amides is 4. The summed E-state index contributed by atoms with van der Waals surface area (Å²) < 4.78 is 7.71. The number of carbonyl (C=O) groups excluding carboxylic acids is 4. The zero-order valence-electron chi connectivity index (χ0n) is 27.7. The van der Waals surface area contributed by atoms with Gasteiger partial charge in [-0.05, 0) is 53.8 Å². The van der Waals surface area contributed by atoms with Crippen LogP contribution in [0.1, 0.15) is 47.3 Å². The highest BCUT2D eigenvalue weighted by molar-refractivity contribution is 5.99. The van der Waals surface area contributed by atoms with E-state index in [9.17, 15) is 19.2 Å². The first-order valence-corrected chi connectivity index (χ1v) is 16.1. The number of fused-ring (bicyclic) bond motifs is 11. The molecule has 6 rings (SSSR count). The molecule has 48 heavy (non-hydrogen) atoms. The fraction of sp³-hybridized carbons (Fsp3) is 0.324. The number of hydrogen-bond acceptors (Lipinski definition) is 6. The zero-order valence-corrected chi connectivity index (χ0v) is 27.7. The third-order valence-electron chi connectivity index (χ3n) is 8.11. The Labute approximate surface area is 280 Å². The summed E-state index contributed by atoms with van der Waals surface area (Å²) in [6.45, 7) is 4.21. The molecule has 0 radical (unpaired) electrons. The van der Waals surface area contributed by atoms with Crippen molar-refractivity contribution in [2.75, 3.05) is 7.05 Å². The number of likely N-dealkylation sites (N-methyl/N-ethyl adjacent to an activating group) is 1. The Bertz CT molecular complexity index is 1740. The van der Waals surface area contributed by atoms with Gasteiger partial charge in [-0.15, -0.1) is 0 Å². The average molecular weight is 651 g/mol. The molecular weight excluding hydrogens is 608 g/mol. The highest BCUT2D eigenvalue weighted by atomic mass is 16.5. The summed E-state index contributed by atoms with van der Waals surface area (Å²) in [5.41, 5.74) is 2.82. The fourth-order valence-corrected chi connectivity index (χ4v) is 5.69. The molecule has 2 aliphatic heterocycles. The predicted molar refractivity (Wildman–Crippen MR) is 181 cm³/mol. The minimum Gasteiger partial charge on any atom is -0.457 e. The molecule has 3 atom stereocenters. The number of ether oxygens (including phenoxy) is 1. The van der Waals surface area contributed by atoms with Crippen molar-refractivity contribution in [1.29, 1.82) is 0 Å². The Morgan fingerprint density at radius 3 is 2.31 bits per heavy atom. The minimum atomic E-state index is -0.985. The molecule has 0 aliphatic carbocycles. The smallest absolute Gasteiger partial charge is 0.252 e. The summed E-state index contributed by atoms with van der Waals surface area (Å²) in [5, 5.41) is 12.9. The highest BCUT2D eigenvalue weighted by Gasteiger charge is 2.32. The van der Waals surface area contributed by atoms with Gasteiger partial charge in [0, 0.05) is 50.8 Å². The first-order valence-electron chi connectivity index (χ1n) is 16.1. The van der Waals surface area contributed by atoms with Crippen molar-refractivity contribution in [3.05, 3.63) is 114 Å². The fourth-order valence-electron chi connectivity index (χ4n) is 5.69. The number of aryl methyl sites for hydroxylation is 1. The number of hydrogen-bond donors (Lipinski definition) is 3. The lowest BCUT2D eigenvalue weighted by molar-refractivity contribution is -0.137. The normalized spacial score (nSPS) is 18.6. The van der Waals surface area contributed by atoms with E-state index in [1.807, 2.05) is 62.5 Å². The molecule has 3 aromatic carbocycles. The Morgan fingerprint density at radius 2 is 1.62 bits per heavy atom. The molecule has 11 nitrogen and oxygen atoms in total. The Kier molecular flexibility index (Phi) is 10.9. The van der Waals surface area contributed by atoms with Gasteiger partial charge in [0.05, 0.1) is 6.20 Å². The van der Waals surface area contributed by atoms with Crippen LogP contribution in [0.4, 0.5) is 0 Å². The van der Waals surface area contributed by atoms with Gasteiger partial charge in [0.15, 0.2) is 0 Å². The van der Waals surface area contributed by atoms with Crippen molar-refractivity contribution in [3.63, 3.8) is 0 Å². The molecule has 4 amide bonds. The molecule has 1 aromatic heterocycles. The molecule has 11 heteroatoms. The summed E-state index contributed by atoms with van der Waals surface area (Å²) in [5.74, 6) is -0.704. The molecule has 0 spiro atoms. The largest absolute Gasteiger partial charge is 0.457 e. The van der Waals surface area contributed by atoms with E-state index in [0.717, 1.165) is 16.7 Å². The standard InChI is InChI=1S/C37H42N6O5/c1-24(2)17-31-35(45)41-33(37(47)42(3)22-27-21-38-43(4)23-27)19-26-13-15-29(16-14-26)48-30-12-8-11-28(20-30)34(44)39-32(36(46)40-31)18-25-9-6-5-7-10-25/h5-16,20-21,23-24,31-33H,17-19,22H2,1-4H3,(H,39,44)(H,40,46)(H,41,45)/t31-,32+,33-/m0/s1. The molecule has 250 valence electrons. The van der Waals surface area contributed by atoms with Gasteiger partial charge >= 0.3 is 0 Å². The van der Waals surface area contributed by atoms with E-state index < -0.39 is 35.8 Å². The molecule has 4 aromatic rings. The Balaban J connectivity index is 1.49. The van der Waals surface area contributed by atoms with Crippen LogP contribution in [-0.4, -0.2) is 63.5 Å². The van der Waals surface area contributed by atoms with Gasteiger partial charge in [-0.3, -0.25) is 23.9 Å². The summed E-state index contributed by atoms with van der Waals surface area (Å²) >= 11 is 0. The highest BCUT2D eigenvalue weighted by Crippen LogP contribution is 2.24. The van der Waals surface area contributed by atoms with Crippen molar-refractivity contribution in [1.82, 2.24) is 30.6 Å². The first kappa shape index (κ1) is 33.9. The quantitative estimate of drug-likeness (QED) is 0.261. The van der Waals surface area contributed by atoms with E-state index in [1.165, 1.54) is 0 Å². The molecule has 3 heterocycles. The zero-order chi connectivity index (χ0) is 34.2. The van der Waals surface area contributed by atoms with Crippen molar-refractivity contribution >= 4 is 23.6 Å². The predicted octanol–water partition coefficient (Wildman–Crippen LogP) is 3.78. The van der Waals surface area contributed by atoms with E-state index in [4.69, 9.17) is 4.74 Å². The average Bonchev–Trinajstić information content (AvgIpc) is 3.48. The summed E-state index contributed by atoms with van der Waals surface area (Å²) in [6.07, 6.45) is 4.27. The summed E-state index contributed by atoms with van der Waals surface area (Å²) in [6, 6.07) is 20.5. The van der Waals surface area contributed by atoms with Crippen LogP contribution in [0.2, 0.25) is 0 Å². The molecule has 0 unspecified atom stereocenters. The number of nitrogens with one attached hydrogen (secondary N) is 3. The van der Waals surface area contributed by atoms with Gasteiger partial charge in [0.2, 0.25) is 17.7 Å². The van der Waals surface area contributed by atoms with Gasteiger partial charge in [-0.2, -0.15) is 5.10 Å². The van der Waals surface area contributed by atoms with E-state index in [1.54, 1.807) is 66.3 Å². The monoisotopic (exact) mass is 650 g/mol. The Morgan fingerprint density at radius 1 is 0.896 bits per heavy atom. The number of nitrogens with zero attached hydrogens (tertiary/aromatic N) is 3. The van der Waals surface area contributed by atoms with Crippen molar-refractivity contribution in [3.8, 4) is 11.5 Å². The molecule has 3 N–H and O–H groups in total. The third kappa shape index (κ3) is 9.09. The maximum atomic E-state index is 14.0. The van der Waals surface area contributed by atoms with E-state index in [0.29, 0.717) is 30.0 Å². The van der Waals surface area contributed by atoms with Crippen LogP contribution in [-0.2, 0) is 40.8 Å². The lowest BCUT2D eigenvalue weighted by atomic mass is 9.99. The van der Waals surface area contributed by atoms with E-state index in [2.05, 4.69) is 21.0 Å². The first-order chi connectivity index (χ1) is 23.0. The third-order valence-corrected chi connectivity index (χ3v) is 8.11. The molecule has 2 aliphatic rings. The van der Waals surface area contributed by atoms with Crippen LogP contribution in [0.3, 0.4) is 0 Å². The van der Waals surface area contributed by atoms with Gasteiger partial charge in [-0.1, -0.05) is 62.4 Å². The molecule has 0 fully saturated rings. The maximum Gasteiger partial charge on any atom is 0.252 e. The second-order valence-corrected chi connectivity index (χ2v) is 12.7. The molecular formula is C37H42N6O5. The van der Waals surface area contributed by atoms with Crippen molar-refractivity contribution < 1.29 is 23.9 Å². The van der Waals surface area contributed by atoms with Crippen molar-refractivity contribution in [2.24, 2.45) is 13.0 Å². The van der Waals surface area contributed by atoms with Crippen LogP contribution >= 0.6 is 0 Å². The second-order valence-electron chi connectivity index (χ2n) is 12.7. The Hall–Kier alpha value is -5.45. The molecule has 4 bridgehead atoms.